The molecule has 144 valence electrons. The Balaban J connectivity index is 1.39. The molecule has 2 N–H and O–H groups in total. The fourth-order valence-electron chi connectivity index (χ4n) is 4.09. The molecule has 0 radical (unpaired) electrons. The Kier molecular flexibility index (Phi) is 5.36. The highest BCUT2D eigenvalue weighted by Gasteiger charge is 2.43. The standard InChI is InChI=1S/C21H23Cl2NO3/c22-15-3-1-14(2-4-15)19(26)13-24-9-7-21(8-10-24)12-18(25)17-11-16(23)5-6-20(17)27-21/h1-6,11,18-19,25-26H,7-10,12-13H2. The first-order chi connectivity index (χ1) is 12.9. The minimum absolute atomic E-state index is 0.345. The summed E-state index contributed by atoms with van der Waals surface area (Å²) in [6.45, 7) is 2.22. The van der Waals surface area contributed by atoms with E-state index in [-0.39, 0.29) is 5.60 Å². The van der Waals surface area contributed by atoms with Gasteiger partial charge in [0, 0.05) is 41.7 Å². The predicted octanol–water partition coefficient (Wildman–Crippen LogP) is 4.38. The van der Waals surface area contributed by atoms with E-state index in [9.17, 15) is 10.2 Å². The van der Waals surface area contributed by atoms with Crippen molar-refractivity contribution in [1.82, 2.24) is 4.90 Å². The molecule has 6 heteroatoms. The Labute approximate surface area is 169 Å². The van der Waals surface area contributed by atoms with Crippen LogP contribution in [-0.4, -0.2) is 40.3 Å². The van der Waals surface area contributed by atoms with E-state index in [0.29, 0.717) is 23.0 Å². The van der Waals surface area contributed by atoms with Crippen molar-refractivity contribution in [3.05, 3.63) is 63.6 Å². The molecule has 0 aliphatic carbocycles. The van der Waals surface area contributed by atoms with E-state index < -0.39 is 12.2 Å². The van der Waals surface area contributed by atoms with Crippen molar-refractivity contribution in [3.63, 3.8) is 0 Å². The zero-order chi connectivity index (χ0) is 19.0. The minimum atomic E-state index is -0.557. The molecule has 2 atom stereocenters. The van der Waals surface area contributed by atoms with Crippen LogP contribution in [0.4, 0.5) is 0 Å². The second kappa shape index (κ2) is 7.61. The highest BCUT2D eigenvalue weighted by molar-refractivity contribution is 6.30. The number of aliphatic hydroxyl groups is 2. The summed E-state index contributed by atoms with van der Waals surface area (Å²) >= 11 is 12.0. The third-order valence-electron chi connectivity index (χ3n) is 5.68. The lowest BCUT2D eigenvalue weighted by molar-refractivity contribution is -0.0587. The van der Waals surface area contributed by atoms with Gasteiger partial charge in [-0.3, -0.25) is 0 Å². The summed E-state index contributed by atoms with van der Waals surface area (Å²) in [5.41, 5.74) is 1.30. The molecule has 1 spiro atoms. The predicted molar refractivity (Wildman–Crippen MR) is 106 cm³/mol. The molecule has 1 fully saturated rings. The van der Waals surface area contributed by atoms with Crippen molar-refractivity contribution in [2.45, 2.75) is 37.1 Å². The van der Waals surface area contributed by atoms with Crippen LogP contribution in [0.2, 0.25) is 10.0 Å². The average molecular weight is 408 g/mol. The molecule has 2 heterocycles. The van der Waals surface area contributed by atoms with Crippen molar-refractivity contribution < 1.29 is 14.9 Å². The highest BCUT2D eigenvalue weighted by atomic mass is 35.5. The van der Waals surface area contributed by atoms with Crippen molar-refractivity contribution >= 4 is 23.2 Å². The molecule has 4 nitrogen and oxygen atoms in total. The Bertz CT molecular complexity index is 804. The Morgan fingerprint density at radius 1 is 1.07 bits per heavy atom. The smallest absolute Gasteiger partial charge is 0.126 e. The summed E-state index contributed by atoms with van der Waals surface area (Å²) in [7, 11) is 0. The molecule has 1 saturated heterocycles. The van der Waals surface area contributed by atoms with Gasteiger partial charge in [0.25, 0.3) is 0 Å². The van der Waals surface area contributed by atoms with Crippen molar-refractivity contribution in [1.29, 1.82) is 0 Å². The van der Waals surface area contributed by atoms with Crippen molar-refractivity contribution in [3.8, 4) is 5.75 Å². The maximum absolute atomic E-state index is 10.6. The molecule has 2 aromatic carbocycles. The van der Waals surface area contributed by atoms with Gasteiger partial charge in [-0.1, -0.05) is 35.3 Å². The van der Waals surface area contributed by atoms with Gasteiger partial charge in [0.1, 0.15) is 11.4 Å². The van der Waals surface area contributed by atoms with E-state index in [2.05, 4.69) is 4.90 Å². The monoisotopic (exact) mass is 407 g/mol. The molecule has 0 aromatic heterocycles. The molecule has 27 heavy (non-hydrogen) atoms. The molecular formula is C21H23Cl2NO3. The number of halogens is 2. The molecular weight excluding hydrogens is 385 g/mol. The Hall–Kier alpha value is -1.30. The van der Waals surface area contributed by atoms with Gasteiger partial charge in [-0.2, -0.15) is 0 Å². The maximum Gasteiger partial charge on any atom is 0.126 e. The Morgan fingerprint density at radius 2 is 1.74 bits per heavy atom. The minimum Gasteiger partial charge on any atom is -0.487 e. The normalized spacial score (nSPS) is 22.9. The van der Waals surface area contributed by atoms with E-state index in [0.717, 1.165) is 42.8 Å². The van der Waals surface area contributed by atoms with E-state index >= 15 is 0 Å². The van der Waals surface area contributed by atoms with Crippen LogP contribution in [0, 0.1) is 0 Å². The van der Waals surface area contributed by atoms with Crippen LogP contribution in [0.1, 0.15) is 42.6 Å². The molecule has 2 unspecified atom stereocenters. The number of aliphatic hydroxyl groups excluding tert-OH is 2. The lowest BCUT2D eigenvalue weighted by Crippen LogP contribution is -2.51. The van der Waals surface area contributed by atoms with Crippen LogP contribution < -0.4 is 4.74 Å². The third-order valence-corrected chi connectivity index (χ3v) is 6.16. The number of fused-ring (bicyclic) bond motifs is 1. The lowest BCUT2D eigenvalue weighted by atomic mass is 9.81. The van der Waals surface area contributed by atoms with Crippen molar-refractivity contribution in [2.75, 3.05) is 19.6 Å². The molecule has 4 rings (SSSR count). The van der Waals surface area contributed by atoms with Gasteiger partial charge in [0.05, 0.1) is 12.2 Å². The van der Waals surface area contributed by atoms with Crippen LogP contribution in [0.3, 0.4) is 0 Å². The fraction of sp³-hybridized carbons (Fsp3) is 0.429. The number of piperidine rings is 1. The van der Waals surface area contributed by atoms with E-state index in [4.69, 9.17) is 27.9 Å². The lowest BCUT2D eigenvalue weighted by Gasteiger charge is -2.46. The van der Waals surface area contributed by atoms with Gasteiger partial charge in [-0.25, -0.2) is 0 Å². The maximum atomic E-state index is 10.6. The summed E-state index contributed by atoms with van der Waals surface area (Å²) in [6.07, 6.45) is 1.11. The van der Waals surface area contributed by atoms with Gasteiger partial charge >= 0.3 is 0 Å². The van der Waals surface area contributed by atoms with Gasteiger partial charge in [-0.15, -0.1) is 0 Å². The van der Waals surface area contributed by atoms with Crippen LogP contribution >= 0.6 is 23.2 Å². The Morgan fingerprint density at radius 3 is 2.44 bits per heavy atom. The van der Waals surface area contributed by atoms with Crippen LogP contribution in [0.5, 0.6) is 5.75 Å². The quantitative estimate of drug-likeness (QED) is 0.792. The summed E-state index contributed by atoms with van der Waals surface area (Å²) in [5.74, 6) is 0.729. The summed E-state index contributed by atoms with van der Waals surface area (Å²) in [6, 6.07) is 12.7. The van der Waals surface area contributed by atoms with Gasteiger partial charge in [0.15, 0.2) is 0 Å². The van der Waals surface area contributed by atoms with Gasteiger partial charge in [-0.05, 0) is 48.7 Å². The fourth-order valence-corrected chi connectivity index (χ4v) is 4.40. The van der Waals surface area contributed by atoms with Crippen LogP contribution in [0.15, 0.2) is 42.5 Å². The molecule has 0 saturated carbocycles. The van der Waals surface area contributed by atoms with Crippen molar-refractivity contribution in [2.24, 2.45) is 0 Å². The first-order valence-corrected chi connectivity index (χ1v) is 10.0. The number of benzene rings is 2. The SMILES string of the molecule is OC(CN1CCC2(CC1)CC(O)c1cc(Cl)ccc1O2)c1ccc(Cl)cc1. The second-order valence-electron chi connectivity index (χ2n) is 7.56. The first kappa shape index (κ1) is 19.0. The molecule has 2 aliphatic rings. The number of β-amino-alcohol motifs (C(OH)–C–C–N with tert-alkyl or cyclic N) is 1. The molecule has 2 aliphatic heterocycles. The number of likely N-dealkylation sites (tertiary alicyclic amines) is 1. The first-order valence-electron chi connectivity index (χ1n) is 9.27. The number of hydrogen-bond donors (Lipinski definition) is 2. The van der Waals surface area contributed by atoms with Gasteiger partial charge in [0.2, 0.25) is 0 Å². The summed E-state index contributed by atoms with van der Waals surface area (Å²) in [4.78, 5) is 2.25. The topological polar surface area (TPSA) is 52.9 Å². The largest absolute Gasteiger partial charge is 0.487 e. The molecule has 0 amide bonds. The zero-order valence-electron chi connectivity index (χ0n) is 14.9. The number of rotatable bonds is 3. The highest BCUT2D eigenvalue weighted by Crippen LogP contribution is 2.45. The number of ether oxygens (including phenoxy) is 1. The molecule has 2 aromatic rings. The average Bonchev–Trinajstić information content (AvgIpc) is 2.65. The third kappa shape index (κ3) is 4.10. The van der Waals surface area contributed by atoms with Crippen LogP contribution in [-0.2, 0) is 0 Å². The number of hydrogen-bond acceptors (Lipinski definition) is 4. The van der Waals surface area contributed by atoms with E-state index in [1.54, 1.807) is 24.3 Å². The summed E-state index contributed by atoms with van der Waals surface area (Å²) in [5, 5.41) is 22.4. The summed E-state index contributed by atoms with van der Waals surface area (Å²) < 4.78 is 6.31. The second-order valence-corrected chi connectivity index (χ2v) is 8.43. The zero-order valence-corrected chi connectivity index (χ0v) is 16.5. The van der Waals surface area contributed by atoms with Crippen LogP contribution in [0.25, 0.3) is 0 Å². The van der Waals surface area contributed by atoms with Gasteiger partial charge < -0.3 is 19.8 Å². The van der Waals surface area contributed by atoms with E-state index in [1.165, 1.54) is 0 Å². The van der Waals surface area contributed by atoms with E-state index in [1.807, 2.05) is 18.2 Å². The molecule has 0 bridgehead atoms. The number of nitrogens with zero attached hydrogens (tertiary/aromatic N) is 1.